The molecule has 0 saturated heterocycles. The molecule has 5 nitrogen and oxygen atoms in total. The van der Waals surface area contributed by atoms with Crippen LogP contribution in [0.1, 0.15) is 35.7 Å². The molecule has 104 valence electrons. The van der Waals surface area contributed by atoms with Crippen molar-refractivity contribution in [1.29, 1.82) is 0 Å². The number of aromatic nitrogens is 3. The zero-order chi connectivity index (χ0) is 13.8. The standard InChI is InChI=1S/C15H18N4O/c20-15(16-9-8-14-17-10-18-19-14)13-7-3-5-11-4-1-2-6-12(11)13/h1-2,4,6,10,13H,3,5,7-9H2,(H,16,20)(H,17,18,19). The van der Waals surface area contributed by atoms with Crippen LogP contribution in [0.15, 0.2) is 30.6 Å². The number of carbonyl (C=O) groups excluding carboxylic acids is 1. The van der Waals surface area contributed by atoms with Gasteiger partial charge in [-0.3, -0.25) is 9.89 Å². The number of rotatable bonds is 4. The first-order valence-electron chi connectivity index (χ1n) is 7.04. The first kappa shape index (κ1) is 12.8. The summed E-state index contributed by atoms with van der Waals surface area (Å²) in [7, 11) is 0. The van der Waals surface area contributed by atoms with Gasteiger partial charge in [0.05, 0.1) is 5.92 Å². The minimum atomic E-state index is -0.00493. The van der Waals surface area contributed by atoms with E-state index in [2.05, 4.69) is 32.6 Å². The molecule has 2 aromatic rings. The molecule has 1 aliphatic rings. The Hall–Kier alpha value is -2.17. The Morgan fingerprint density at radius 3 is 3.15 bits per heavy atom. The zero-order valence-corrected chi connectivity index (χ0v) is 11.3. The van der Waals surface area contributed by atoms with Gasteiger partial charge in [-0.25, -0.2) is 4.98 Å². The molecular formula is C15H18N4O. The van der Waals surface area contributed by atoms with Crippen molar-refractivity contribution in [2.24, 2.45) is 0 Å². The van der Waals surface area contributed by atoms with E-state index in [0.717, 1.165) is 25.1 Å². The number of nitrogens with zero attached hydrogens (tertiary/aromatic N) is 2. The van der Waals surface area contributed by atoms with E-state index >= 15 is 0 Å². The molecule has 1 atom stereocenters. The Kier molecular flexibility index (Phi) is 3.76. The summed E-state index contributed by atoms with van der Waals surface area (Å²) in [6.07, 6.45) is 5.26. The maximum atomic E-state index is 12.3. The Labute approximate surface area is 117 Å². The van der Waals surface area contributed by atoms with E-state index in [-0.39, 0.29) is 11.8 Å². The number of hydrogen-bond acceptors (Lipinski definition) is 3. The van der Waals surface area contributed by atoms with Crippen molar-refractivity contribution in [2.45, 2.75) is 31.6 Å². The second-order valence-electron chi connectivity index (χ2n) is 5.12. The lowest BCUT2D eigenvalue weighted by atomic mass is 9.82. The number of amides is 1. The lowest BCUT2D eigenvalue weighted by Crippen LogP contribution is -2.32. The fraction of sp³-hybridized carbons (Fsp3) is 0.400. The van der Waals surface area contributed by atoms with Gasteiger partial charge in [0.2, 0.25) is 5.91 Å². The maximum absolute atomic E-state index is 12.3. The molecule has 5 heteroatoms. The third-order valence-electron chi connectivity index (χ3n) is 3.81. The molecule has 2 N–H and O–H groups in total. The van der Waals surface area contributed by atoms with Gasteiger partial charge in [0.25, 0.3) is 0 Å². The van der Waals surface area contributed by atoms with Gasteiger partial charge < -0.3 is 5.32 Å². The minimum absolute atomic E-state index is 0.00493. The van der Waals surface area contributed by atoms with Crippen molar-refractivity contribution in [1.82, 2.24) is 20.5 Å². The van der Waals surface area contributed by atoms with E-state index in [1.54, 1.807) is 0 Å². The van der Waals surface area contributed by atoms with E-state index in [9.17, 15) is 4.79 Å². The smallest absolute Gasteiger partial charge is 0.227 e. The molecule has 1 aliphatic carbocycles. The van der Waals surface area contributed by atoms with Crippen LogP contribution in [-0.4, -0.2) is 27.6 Å². The van der Waals surface area contributed by atoms with Crippen molar-refractivity contribution in [2.75, 3.05) is 6.54 Å². The largest absolute Gasteiger partial charge is 0.355 e. The Morgan fingerprint density at radius 2 is 2.30 bits per heavy atom. The zero-order valence-electron chi connectivity index (χ0n) is 11.3. The van der Waals surface area contributed by atoms with Crippen LogP contribution >= 0.6 is 0 Å². The molecule has 1 unspecified atom stereocenters. The second kappa shape index (κ2) is 5.86. The summed E-state index contributed by atoms with van der Waals surface area (Å²) in [6.45, 7) is 0.590. The predicted octanol–water partition coefficient (Wildman–Crippen LogP) is 1.58. The van der Waals surface area contributed by atoms with Gasteiger partial charge >= 0.3 is 0 Å². The van der Waals surface area contributed by atoms with E-state index in [1.807, 2.05) is 12.1 Å². The first-order valence-corrected chi connectivity index (χ1v) is 7.04. The molecule has 0 aliphatic heterocycles. The molecule has 0 fully saturated rings. The topological polar surface area (TPSA) is 70.7 Å². The van der Waals surface area contributed by atoms with Crippen LogP contribution in [0.3, 0.4) is 0 Å². The molecule has 1 heterocycles. The molecule has 0 saturated carbocycles. The van der Waals surface area contributed by atoms with Crippen molar-refractivity contribution < 1.29 is 4.79 Å². The number of H-pyrrole nitrogens is 1. The Bertz CT molecular complexity index is 579. The summed E-state index contributed by atoms with van der Waals surface area (Å²) in [5.41, 5.74) is 2.50. The molecule has 1 aromatic heterocycles. The minimum Gasteiger partial charge on any atom is -0.355 e. The Morgan fingerprint density at radius 1 is 1.40 bits per heavy atom. The number of carbonyl (C=O) groups is 1. The normalized spacial score (nSPS) is 17.5. The highest BCUT2D eigenvalue weighted by Gasteiger charge is 2.25. The number of aryl methyl sites for hydroxylation is 1. The highest BCUT2D eigenvalue weighted by Crippen LogP contribution is 2.31. The van der Waals surface area contributed by atoms with Crippen LogP contribution < -0.4 is 5.32 Å². The third kappa shape index (κ3) is 2.71. The molecule has 0 spiro atoms. The van der Waals surface area contributed by atoms with Gasteiger partial charge in [0.1, 0.15) is 12.2 Å². The Balaban J connectivity index is 1.60. The summed E-state index contributed by atoms with van der Waals surface area (Å²) in [6, 6.07) is 8.26. The SMILES string of the molecule is O=C(NCCc1ncn[nH]1)C1CCCc2ccccc21. The third-order valence-corrected chi connectivity index (χ3v) is 3.81. The van der Waals surface area contributed by atoms with Crippen LogP contribution in [0.4, 0.5) is 0 Å². The summed E-state index contributed by atoms with van der Waals surface area (Å²) in [5.74, 6) is 0.917. The molecule has 1 amide bonds. The molecular weight excluding hydrogens is 252 g/mol. The van der Waals surface area contributed by atoms with Gasteiger partial charge in [-0.1, -0.05) is 24.3 Å². The predicted molar refractivity (Wildman–Crippen MR) is 75.2 cm³/mol. The molecule has 0 bridgehead atoms. The molecule has 20 heavy (non-hydrogen) atoms. The van der Waals surface area contributed by atoms with Crippen molar-refractivity contribution in [3.05, 3.63) is 47.5 Å². The molecule has 0 radical (unpaired) electrons. The van der Waals surface area contributed by atoms with E-state index in [1.165, 1.54) is 17.5 Å². The van der Waals surface area contributed by atoms with Crippen LogP contribution in [-0.2, 0) is 17.6 Å². The van der Waals surface area contributed by atoms with Gasteiger partial charge in [0.15, 0.2) is 0 Å². The summed E-state index contributed by atoms with van der Waals surface area (Å²) < 4.78 is 0. The highest BCUT2D eigenvalue weighted by atomic mass is 16.1. The van der Waals surface area contributed by atoms with Crippen LogP contribution in [0.2, 0.25) is 0 Å². The van der Waals surface area contributed by atoms with Crippen LogP contribution in [0.5, 0.6) is 0 Å². The summed E-state index contributed by atoms with van der Waals surface area (Å²) in [5, 5.41) is 9.59. The quantitative estimate of drug-likeness (QED) is 0.886. The van der Waals surface area contributed by atoms with Crippen LogP contribution in [0, 0.1) is 0 Å². The number of nitrogens with one attached hydrogen (secondary N) is 2. The van der Waals surface area contributed by atoms with E-state index in [0.29, 0.717) is 13.0 Å². The number of aromatic amines is 1. The molecule has 3 rings (SSSR count). The van der Waals surface area contributed by atoms with Gasteiger partial charge in [-0.2, -0.15) is 5.10 Å². The lowest BCUT2D eigenvalue weighted by Gasteiger charge is -2.24. The van der Waals surface area contributed by atoms with Crippen LogP contribution in [0.25, 0.3) is 0 Å². The van der Waals surface area contributed by atoms with Gasteiger partial charge in [-0.15, -0.1) is 0 Å². The summed E-state index contributed by atoms with van der Waals surface area (Å²) in [4.78, 5) is 16.4. The van der Waals surface area contributed by atoms with Crippen molar-refractivity contribution in [3.63, 3.8) is 0 Å². The monoisotopic (exact) mass is 270 g/mol. The first-order chi connectivity index (χ1) is 9.84. The fourth-order valence-electron chi connectivity index (χ4n) is 2.80. The van der Waals surface area contributed by atoms with Crippen molar-refractivity contribution >= 4 is 5.91 Å². The van der Waals surface area contributed by atoms with Gasteiger partial charge in [0, 0.05) is 13.0 Å². The number of benzene rings is 1. The van der Waals surface area contributed by atoms with E-state index < -0.39 is 0 Å². The second-order valence-corrected chi connectivity index (χ2v) is 5.12. The average molecular weight is 270 g/mol. The van der Waals surface area contributed by atoms with Gasteiger partial charge in [-0.05, 0) is 30.4 Å². The summed E-state index contributed by atoms with van der Waals surface area (Å²) >= 11 is 0. The fourth-order valence-corrected chi connectivity index (χ4v) is 2.80. The number of hydrogen-bond donors (Lipinski definition) is 2. The van der Waals surface area contributed by atoms with Crippen molar-refractivity contribution in [3.8, 4) is 0 Å². The molecule has 1 aromatic carbocycles. The number of fused-ring (bicyclic) bond motifs is 1. The highest BCUT2D eigenvalue weighted by molar-refractivity contribution is 5.84. The average Bonchev–Trinajstić information content (AvgIpc) is 3.00. The lowest BCUT2D eigenvalue weighted by molar-refractivity contribution is -0.122. The van der Waals surface area contributed by atoms with E-state index in [4.69, 9.17) is 0 Å². The maximum Gasteiger partial charge on any atom is 0.227 e.